The van der Waals surface area contributed by atoms with E-state index in [1.165, 1.54) is 11.1 Å². The lowest BCUT2D eigenvalue weighted by Gasteiger charge is -2.35. The van der Waals surface area contributed by atoms with Crippen LogP contribution in [0.25, 0.3) is 0 Å². The van der Waals surface area contributed by atoms with Crippen molar-refractivity contribution in [3.63, 3.8) is 0 Å². The van der Waals surface area contributed by atoms with Crippen molar-refractivity contribution in [2.24, 2.45) is 5.73 Å². The first kappa shape index (κ1) is 12.6. The molecule has 1 aromatic carbocycles. The summed E-state index contributed by atoms with van der Waals surface area (Å²) in [5, 5.41) is 0. The molecule has 0 aliphatic carbocycles. The van der Waals surface area contributed by atoms with Gasteiger partial charge in [0, 0.05) is 25.7 Å². The summed E-state index contributed by atoms with van der Waals surface area (Å²) in [6.07, 6.45) is 1.14. The number of benzene rings is 1. The number of nitrogens with zero attached hydrogens (tertiary/aromatic N) is 1. The van der Waals surface area contributed by atoms with Gasteiger partial charge in [-0.25, -0.2) is 0 Å². The zero-order chi connectivity index (χ0) is 12.1. The number of morpholine rings is 1. The Kier molecular flexibility index (Phi) is 4.54. The van der Waals surface area contributed by atoms with Gasteiger partial charge in [-0.3, -0.25) is 4.90 Å². The number of nitrogens with two attached hydrogens (primary N) is 1. The molecule has 0 saturated carbocycles. The Bertz CT molecular complexity index is 354. The Morgan fingerprint density at radius 1 is 1.35 bits per heavy atom. The quantitative estimate of drug-likeness (QED) is 0.862. The molecule has 94 valence electrons. The van der Waals surface area contributed by atoms with Crippen LogP contribution in [0.3, 0.4) is 0 Å². The summed E-state index contributed by atoms with van der Waals surface area (Å²) in [4.78, 5) is 2.51. The predicted octanol–water partition coefficient (Wildman–Crippen LogP) is 1.76. The van der Waals surface area contributed by atoms with Crippen LogP contribution in [0.5, 0.6) is 0 Å². The van der Waals surface area contributed by atoms with Gasteiger partial charge in [-0.2, -0.15) is 0 Å². The fraction of sp³-hybridized carbons (Fsp3) is 0.571. The second kappa shape index (κ2) is 6.15. The van der Waals surface area contributed by atoms with Gasteiger partial charge < -0.3 is 10.5 Å². The molecule has 3 heteroatoms. The highest BCUT2D eigenvalue weighted by Gasteiger charge is 2.21. The van der Waals surface area contributed by atoms with Gasteiger partial charge in [0.1, 0.15) is 0 Å². The minimum absolute atomic E-state index is 0.551. The van der Waals surface area contributed by atoms with E-state index in [-0.39, 0.29) is 0 Å². The van der Waals surface area contributed by atoms with Crippen molar-refractivity contribution in [2.75, 3.05) is 19.8 Å². The van der Waals surface area contributed by atoms with Crippen molar-refractivity contribution in [1.82, 2.24) is 4.90 Å². The molecule has 2 N–H and O–H groups in total. The van der Waals surface area contributed by atoms with Gasteiger partial charge in [-0.15, -0.1) is 0 Å². The molecule has 1 aliphatic heterocycles. The predicted molar refractivity (Wildman–Crippen MR) is 69.6 cm³/mol. The van der Waals surface area contributed by atoms with E-state index in [0.717, 1.165) is 32.7 Å². The highest BCUT2D eigenvalue weighted by molar-refractivity contribution is 5.26. The van der Waals surface area contributed by atoms with Crippen molar-refractivity contribution >= 4 is 0 Å². The summed E-state index contributed by atoms with van der Waals surface area (Å²) >= 11 is 0. The summed E-state index contributed by atoms with van der Waals surface area (Å²) in [6.45, 7) is 6.58. The second-order valence-corrected chi connectivity index (χ2v) is 4.58. The van der Waals surface area contributed by atoms with E-state index in [9.17, 15) is 0 Å². The van der Waals surface area contributed by atoms with Gasteiger partial charge in [-0.05, 0) is 17.5 Å². The number of hydrogen-bond donors (Lipinski definition) is 1. The van der Waals surface area contributed by atoms with Crippen molar-refractivity contribution in [3.8, 4) is 0 Å². The van der Waals surface area contributed by atoms with E-state index in [1.54, 1.807) is 0 Å². The normalized spacial score (nSPS) is 21.6. The van der Waals surface area contributed by atoms with Crippen LogP contribution in [-0.2, 0) is 17.8 Å². The summed E-state index contributed by atoms with van der Waals surface area (Å²) < 4.78 is 5.53. The van der Waals surface area contributed by atoms with Crippen LogP contribution in [0.15, 0.2) is 24.3 Å². The lowest BCUT2D eigenvalue weighted by Crippen LogP contribution is -2.44. The van der Waals surface area contributed by atoms with E-state index in [1.807, 2.05) is 0 Å². The molecule has 1 fully saturated rings. The maximum Gasteiger partial charge on any atom is 0.0622 e. The van der Waals surface area contributed by atoms with E-state index in [2.05, 4.69) is 36.1 Å². The van der Waals surface area contributed by atoms with E-state index >= 15 is 0 Å². The maximum absolute atomic E-state index is 5.78. The molecular weight excluding hydrogens is 212 g/mol. The van der Waals surface area contributed by atoms with Gasteiger partial charge in [-0.1, -0.05) is 31.2 Å². The Hall–Kier alpha value is -0.900. The van der Waals surface area contributed by atoms with Gasteiger partial charge in [0.2, 0.25) is 0 Å². The van der Waals surface area contributed by atoms with Crippen LogP contribution in [-0.4, -0.2) is 30.7 Å². The summed E-state index contributed by atoms with van der Waals surface area (Å²) in [5.41, 5.74) is 8.39. The Balaban J connectivity index is 2.08. The van der Waals surface area contributed by atoms with Crippen LogP contribution in [0.2, 0.25) is 0 Å². The third-order valence-corrected chi connectivity index (χ3v) is 3.53. The monoisotopic (exact) mass is 234 g/mol. The van der Waals surface area contributed by atoms with E-state index in [4.69, 9.17) is 10.5 Å². The molecule has 0 bridgehead atoms. The second-order valence-electron chi connectivity index (χ2n) is 4.58. The van der Waals surface area contributed by atoms with Crippen molar-refractivity contribution in [1.29, 1.82) is 0 Å². The van der Waals surface area contributed by atoms with Gasteiger partial charge in [0.25, 0.3) is 0 Å². The average Bonchev–Trinajstić information content (AvgIpc) is 2.40. The lowest BCUT2D eigenvalue weighted by molar-refractivity contribution is -0.0128. The molecule has 0 spiro atoms. The molecule has 2 rings (SSSR count). The largest absolute Gasteiger partial charge is 0.378 e. The summed E-state index contributed by atoms with van der Waals surface area (Å²) in [5.74, 6) is 0. The van der Waals surface area contributed by atoms with Gasteiger partial charge in [0.15, 0.2) is 0 Å². The zero-order valence-electron chi connectivity index (χ0n) is 10.6. The van der Waals surface area contributed by atoms with Crippen LogP contribution in [0, 0.1) is 0 Å². The molecule has 1 unspecified atom stereocenters. The Labute approximate surface area is 104 Å². The van der Waals surface area contributed by atoms with E-state index < -0.39 is 0 Å². The van der Waals surface area contributed by atoms with Crippen LogP contribution in [0.1, 0.15) is 24.5 Å². The molecule has 17 heavy (non-hydrogen) atoms. The van der Waals surface area contributed by atoms with Crippen molar-refractivity contribution in [2.45, 2.75) is 32.5 Å². The third-order valence-electron chi connectivity index (χ3n) is 3.53. The summed E-state index contributed by atoms with van der Waals surface area (Å²) in [6, 6.07) is 9.01. The molecule has 0 aromatic heterocycles. The first-order chi connectivity index (χ1) is 8.35. The average molecular weight is 234 g/mol. The standard InChI is InChI=1S/C14H22N2O/c1-2-14-11-17-8-7-16(14)10-13-6-4-3-5-12(13)9-15/h3-6,14H,2,7-11,15H2,1H3. The fourth-order valence-corrected chi connectivity index (χ4v) is 2.40. The van der Waals surface area contributed by atoms with Crippen molar-refractivity contribution in [3.05, 3.63) is 35.4 Å². The highest BCUT2D eigenvalue weighted by atomic mass is 16.5. The Morgan fingerprint density at radius 3 is 2.82 bits per heavy atom. The zero-order valence-corrected chi connectivity index (χ0v) is 10.6. The maximum atomic E-state index is 5.78. The SMILES string of the molecule is CCC1COCCN1Cc1ccccc1CN. The molecule has 0 radical (unpaired) electrons. The molecular formula is C14H22N2O. The van der Waals surface area contributed by atoms with Crippen LogP contribution in [0.4, 0.5) is 0 Å². The summed E-state index contributed by atoms with van der Waals surface area (Å²) in [7, 11) is 0. The topological polar surface area (TPSA) is 38.5 Å². The number of rotatable bonds is 4. The molecule has 3 nitrogen and oxygen atoms in total. The minimum atomic E-state index is 0.551. The molecule has 0 amide bonds. The first-order valence-electron chi connectivity index (χ1n) is 6.43. The number of ether oxygens (including phenoxy) is 1. The highest BCUT2D eigenvalue weighted by Crippen LogP contribution is 2.17. The number of hydrogen-bond acceptors (Lipinski definition) is 3. The third kappa shape index (κ3) is 3.06. The lowest BCUT2D eigenvalue weighted by atomic mass is 10.1. The minimum Gasteiger partial charge on any atom is -0.378 e. The van der Waals surface area contributed by atoms with Gasteiger partial charge >= 0.3 is 0 Å². The smallest absolute Gasteiger partial charge is 0.0622 e. The molecule has 1 aliphatic rings. The fourth-order valence-electron chi connectivity index (χ4n) is 2.40. The van der Waals surface area contributed by atoms with Gasteiger partial charge in [0.05, 0.1) is 13.2 Å². The van der Waals surface area contributed by atoms with Crippen LogP contribution >= 0.6 is 0 Å². The van der Waals surface area contributed by atoms with Crippen molar-refractivity contribution < 1.29 is 4.74 Å². The van der Waals surface area contributed by atoms with E-state index in [0.29, 0.717) is 12.6 Å². The van der Waals surface area contributed by atoms with Crippen LogP contribution < -0.4 is 5.73 Å². The molecule has 1 saturated heterocycles. The molecule has 1 aromatic rings. The molecule has 1 heterocycles. The first-order valence-corrected chi connectivity index (χ1v) is 6.43. The molecule has 1 atom stereocenters. The Morgan fingerprint density at radius 2 is 2.12 bits per heavy atom.